The molecular weight excluding hydrogens is 294 g/mol. The molecule has 0 aliphatic rings. The summed E-state index contributed by atoms with van der Waals surface area (Å²) in [6.45, 7) is 3.50. The predicted octanol–water partition coefficient (Wildman–Crippen LogP) is 1.48. The van der Waals surface area contributed by atoms with Crippen molar-refractivity contribution in [3.63, 3.8) is 0 Å². The first-order valence-corrected chi connectivity index (χ1v) is 8.22. The van der Waals surface area contributed by atoms with Crippen molar-refractivity contribution in [1.29, 1.82) is 0 Å². The van der Waals surface area contributed by atoms with Crippen LogP contribution in [0.15, 0.2) is 18.7 Å². The number of rotatable bonds is 8. The van der Waals surface area contributed by atoms with Crippen molar-refractivity contribution in [2.24, 2.45) is 0 Å². The number of aromatic nitrogens is 4. The third-order valence-corrected chi connectivity index (χ3v) is 4.29. The SMILES string of the molecule is Cc1nsnc1CSCC(=O)NCCCn1ccnc1. The van der Waals surface area contributed by atoms with Crippen molar-refractivity contribution in [2.75, 3.05) is 12.3 Å². The molecule has 0 saturated heterocycles. The normalized spacial score (nSPS) is 10.7. The van der Waals surface area contributed by atoms with Gasteiger partial charge in [0.1, 0.15) is 0 Å². The average molecular weight is 311 g/mol. The number of thioether (sulfide) groups is 1. The maximum Gasteiger partial charge on any atom is 0.230 e. The van der Waals surface area contributed by atoms with E-state index in [1.165, 1.54) is 11.7 Å². The fraction of sp³-hybridized carbons (Fsp3) is 0.500. The highest BCUT2D eigenvalue weighted by Gasteiger charge is 2.05. The van der Waals surface area contributed by atoms with Gasteiger partial charge in [0.15, 0.2) is 0 Å². The molecule has 0 radical (unpaired) electrons. The van der Waals surface area contributed by atoms with Gasteiger partial charge in [-0.3, -0.25) is 4.79 Å². The van der Waals surface area contributed by atoms with Crippen LogP contribution in [0.1, 0.15) is 17.8 Å². The molecule has 108 valence electrons. The fourth-order valence-corrected chi connectivity index (χ4v) is 3.08. The number of hydrogen-bond donors (Lipinski definition) is 1. The van der Waals surface area contributed by atoms with E-state index in [9.17, 15) is 4.79 Å². The lowest BCUT2D eigenvalue weighted by molar-refractivity contribution is -0.118. The van der Waals surface area contributed by atoms with E-state index in [0.717, 1.165) is 30.1 Å². The zero-order chi connectivity index (χ0) is 14.2. The van der Waals surface area contributed by atoms with E-state index in [2.05, 4.69) is 19.0 Å². The molecule has 1 amide bonds. The maximum absolute atomic E-state index is 11.6. The van der Waals surface area contributed by atoms with E-state index in [0.29, 0.717) is 12.3 Å². The van der Waals surface area contributed by atoms with Crippen molar-refractivity contribution >= 4 is 29.4 Å². The summed E-state index contributed by atoms with van der Waals surface area (Å²) in [4.78, 5) is 15.6. The summed E-state index contributed by atoms with van der Waals surface area (Å²) in [5.41, 5.74) is 1.94. The zero-order valence-electron chi connectivity index (χ0n) is 11.3. The molecule has 2 heterocycles. The van der Waals surface area contributed by atoms with Crippen LogP contribution in [0.25, 0.3) is 0 Å². The molecule has 0 aliphatic heterocycles. The van der Waals surface area contributed by atoms with Gasteiger partial charge in [0.25, 0.3) is 0 Å². The Morgan fingerprint density at radius 3 is 3.10 bits per heavy atom. The standard InChI is InChI=1S/C12H17N5OS2/c1-10-11(16-20-15-10)7-19-8-12(18)14-3-2-5-17-6-4-13-9-17/h4,6,9H,2-3,5,7-8H2,1H3,(H,14,18). The molecule has 6 nitrogen and oxygen atoms in total. The van der Waals surface area contributed by atoms with E-state index in [1.807, 2.05) is 17.7 Å². The molecule has 0 aromatic carbocycles. The molecule has 0 aliphatic carbocycles. The van der Waals surface area contributed by atoms with Crippen LogP contribution in [0, 0.1) is 6.92 Å². The van der Waals surface area contributed by atoms with Crippen LogP contribution in [-0.2, 0) is 17.1 Å². The topological polar surface area (TPSA) is 72.7 Å². The Balaban J connectivity index is 1.53. The number of nitrogens with one attached hydrogen (secondary N) is 1. The molecule has 0 fully saturated rings. The summed E-state index contributed by atoms with van der Waals surface area (Å²) in [6.07, 6.45) is 6.36. The van der Waals surface area contributed by atoms with Crippen molar-refractivity contribution in [3.8, 4) is 0 Å². The molecule has 1 N–H and O–H groups in total. The van der Waals surface area contributed by atoms with Crippen LogP contribution in [0.3, 0.4) is 0 Å². The number of nitrogens with zero attached hydrogens (tertiary/aromatic N) is 4. The minimum Gasteiger partial charge on any atom is -0.355 e. The zero-order valence-corrected chi connectivity index (χ0v) is 12.9. The molecule has 0 saturated carbocycles. The Morgan fingerprint density at radius 2 is 2.40 bits per heavy atom. The van der Waals surface area contributed by atoms with E-state index >= 15 is 0 Å². The molecule has 0 spiro atoms. The van der Waals surface area contributed by atoms with Crippen LogP contribution in [-0.4, -0.2) is 36.5 Å². The molecule has 2 aromatic heterocycles. The quantitative estimate of drug-likeness (QED) is 0.748. The summed E-state index contributed by atoms with van der Waals surface area (Å²) < 4.78 is 10.3. The second kappa shape index (κ2) is 8.01. The molecular formula is C12H17N5OS2. The van der Waals surface area contributed by atoms with Gasteiger partial charge < -0.3 is 9.88 Å². The Hall–Kier alpha value is -1.41. The first-order chi connectivity index (χ1) is 9.75. The monoisotopic (exact) mass is 311 g/mol. The molecule has 0 atom stereocenters. The van der Waals surface area contributed by atoms with Gasteiger partial charge in [-0.05, 0) is 13.3 Å². The number of aryl methyl sites for hydroxylation is 2. The Morgan fingerprint density at radius 1 is 1.50 bits per heavy atom. The number of carbonyl (C=O) groups is 1. The fourth-order valence-electron chi connectivity index (χ4n) is 1.58. The predicted molar refractivity (Wildman–Crippen MR) is 80.7 cm³/mol. The first kappa shape index (κ1) is 15.0. The van der Waals surface area contributed by atoms with Crippen LogP contribution >= 0.6 is 23.5 Å². The lowest BCUT2D eigenvalue weighted by Gasteiger charge is -2.05. The van der Waals surface area contributed by atoms with E-state index in [4.69, 9.17) is 0 Å². The average Bonchev–Trinajstić information content (AvgIpc) is 3.07. The molecule has 20 heavy (non-hydrogen) atoms. The number of imidazole rings is 1. The summed E-state index contributed by atoms with van der Waals surface area (Å²) in [5, 5.41) is 2.91. The van der Waals surface area contributed by atoms with Gasteiger partial charge in [-0.2, -0.15) is 8.75 Å². The third-order valence-electron chi connectivity index (χ3n) is 2.69. The first-order valence-electron chi connectivity index (χ1n) is 6.34. The van der Waals surface area contributed by atoms with Gasteiger partial charge in [-0.15, -0.1) is 11.8 Å². The van der Waals surface area contributed by atoms with Gasteiger partial charge in [0.05, 0.1) is 35.2 Å². The second-order valence-corrected chi connectivity index (χ2v) is 5.81. The Bertz CT molecular complexity index is 526. The number of hydrogen-bond acceptors (Lipinski definition) is 6. The highest BCUT2D eigenvalue weighted by molar-refractivity contribution is 7.99. The van der Waals surface area contributed by atoms with Gasteiger partial charge in [0, 0.05) is 31.2 Å². The number of carbonyl (C=O) groups excluding carboxylic acids is 1. The Labute approximate surface area is 126 Å². The summed E-state index contributed by atoms with van der Waals surface area (Å²) in [5.74, 6) is 1.27. The van der Waals surface area contributed by atoms with E-state index in [1.54, 1.807) is 24.3 Å². The highest BCUT2D eigenvalue weighted by Crippen LogP contribution is 2.13. The summed E-state index contributed by atoms with van der Waals surface area (Å²) in [7, 11) is 0. The minimum atomic E-state index is 0.0708. The van der Waals surface area contributed by atoms with Gasteiger partial charge >= 0.3 is 0 Å². The molecule has 8 heteroatoms. The van der Waals surface area contributed by atoms with Crippen molar-refractivity contribution in [1.82, 2.24) is 23.6 Å². The summed E-state index contributed by atoms with van der Waals surface area (Å²) >= 11 is 2.79. The van der Waals surface area contributed by atoms with Gasteiger partial charge in [-0.25, -0.2) is 4.98 Å². The molecule has 0 bridgehead atoms. The second-order valence-electron chi connectivity index (χ2n) is 4.29. The van der Waals surface area contributed by atoms with Crippen LogP contribution in [0.4, 0.5) is 0 Å². The smallest absolute Gasteiger partial charge is 0.230 e. The van der Waals surface area contributed by atoms with Crippen molar-refractivity contribution in [3.05, 3.63) is 30.1 Å². The summed E-state index contributed by atoms with van der Waals surface area (Å²) in [6, 6.07) is 0. The van der Waals surface area contributed by atoms with Crippen LogP contribution in [0.5, 0.6) is 0 Å². The Kier molecular flexibility index (Phi) is 6.00. The van der Waals surface area contributed by atoms with Crippen LogP contribution in [0.2, 0.25) is 0 Å². The van der Waals surface area contributed by atoms with E-state index < -0.39 is 0 Å². The van der Waals surface area contributed by atoms with Crippen molar-refractivity contribution in [2.45, 2.75) is 25.6 Å². The van der Waals surface area contributed by atoms with E-state index in [-0.39, 0.29) is 5.91 Å². The molecule has 0 unspecified atom stereocenters. The highest BCUT2D eigenvalue weighted by atomic mass is 32.2. The number of amides is 1. The van der Waals surface area contributed by atoms with Crippen LogP contribution < -0.4 is 5.32 Å². The lowest BCUT2D eigenvalue weighted by Crippen LogP contribution is -2.26. The lowest BCUT2D eigenvalue weighted by atomic mass is 10.4. The van der Waals surface area contributed by atoms with Crippen molar-refractivity contribution < 1.29 is 4.79 Å². The minimum absolute atomic E-state index is 0.0708. The maximum atomic E-state index is 11.6. The largest absolute Gasteiger partial charge is 0.355 e. The molecule has 2 aromatic rings. The third kappa shape index (κ3) is 4.93. The van der Waals surface area contributed by atoms with Gasteiger partial charge in [0.2, 0.25) is 5.91 Å². The van der Waals surface area contributed by atoms with Gasteiger partial charge in [-0.1, -0.05) is 0 Å². The molecule has 2 rings (SSSR count).